The van der Waals surface area contributed by atoms with Gasteiger partial charge >= 0.3 is 0 Å². The summed E-state index contributed by atoms with van der Waals surface area (Å²) in [6.45, 7) is 5.66. The Morgan fingerprint density at radius 1 is 0.929 bits per heavy atom. The zero-order valence-electron chi connectivity index (χ0n) is 16.6. The third-order valence-electron chi connectivity index (χ3n) is 6.75. The summed E-state index contributed by atoms with van der Waals surface area (Å²) in [6.07, 6.45) is 10.8. The number of hydrogen-bond acceptors (Lipinski definition) is 6. The lowest BCUT2D eigenvalue weighted by Gasteiger charge is -2.39. The van der Waals surface area contributed by atoms with Crippen molar-refractivity contribution in [3.05, 3.63) is 24.2 Å². The number of fused-ring (bicyclic) bond motifs is 1. The molecule has 1 aliphatic carbocycles. The molecular formula is C21H31N5O2. The molecule has 3 aliphatic rings. The number of aromatic nitrogens is 3. The van der Waals surface area contributed by atoms with Crippen molar-refractivity contribution in [2.45, 2.75) is 56.5 Å². The van der Waals surface area contributed by atoms with Gasteiger partial charge in [0.2, 0.25) is 0 Å². The Bertz CT molecular complexity index is 774. The monoisotopic (exact) mass is 385 g/mol. The summed E-state index contributed by atoms with van der Waals surface area (Å²) < 4.78 is 13.0. The van der Waals surface area contributed by atoms with E-state index < -0.39 is 0 Å². The molecule has 0 radical (unpaired) electrons. The molecule has 0 atom stereocenters. The van der Waals surface area contributed by atoms with Crippen LogP contribution in [-0.2, 0) is 9.47 Å². The summed E-state index contributed by atoms with van der Waals surface area (Å²) in [5.41, 5.74) is 2.53. The Morgan fingerprint density at radius 3 is 2.46 bits per heavy atom. The third-order valence-corrected chi connectivity index (χ3v) is 6.75. The van der Waals surface area contributed by atoms with Crippen LogP contribution in [0.4, 0.5) is 5.82 Å². The summed E-state index contributed by atoms with van der Waals surface area (Å²) >= 11 is 0. The van der Waals surface area contributed by atoms with Crippen LogP contribution in [0, 0.1) is 0 Å². The summed E-state index contributed by atoms with van der Waals surface area (Å²) in [5.74, 6) is 1.54. The molecule has 1 N–H and O–H groups in total. The topological polar surface area (TPSA) is 63.9 Å². The second kappa shape index (κ2) is 8.35. The maximum atomic E-state index is 5.56. The molecule has 1 saturated carbocycles. The van der Waals surface area contributed by atoms with Crippen molar-refractivity contribution in [2.75, 3.05) is 44.8 Å². The molecule has 7 heteroatoms. The van der Waals surface area contributed by atoms with Gasteiger partial charge in [-0.3, -0.25) is 4.90 Å². The molecule has 0 bridgehead atoms. The van der Waals surface area contributed by atoms with Crippen LogP contribution < -0.4 is 5.32 Å². The van der Waals surface area contributed by atoms with E-state index in [9.17, 15) is 0 Å². The lowest BCUT2D eigenvalue weighted by molar-refractivity contribution is 0.00791. The predicted molar refractivity (Wildman–Crippen MR) is 108 cm³/mol. The van der Waals surface area contributed by atoms with Gasteiger partial charge in [-0.15, -0.1) is 0 Å². The Hall–Kier alpha value is -1.70. The van der Waals surface area contributed by atoms with E-state index in [2.05, 4.69) is 32.6 Å². The summed E-state index contributed by atoms with van der Waals surface area (Å²) in [4.78, 5) is 7.26. The first kappa shape index (κ1) is 18.3. The quantitative estimate of drug-likeness (QED) is 0.873. The van der Waals surface area contributed by atoms with Crippen LogP contribution in [0.15, 0.2) is 18.6 Å². The Kier molecular flexibility index (Phi) is 5.47. The van der Waals surface area contributed by atoms with E-state index in [1.54, 1.807) is 6.33 Å². The molecule has 2 aromatic heterocycles. The lowest BCUT2D eigenvalue weighted by Crippen LogP contribution is -2.46. The standard InChI is InChI=1S/C21H31N5O2/c1-3-18(25-9-13-28-14-10-25)4-2-17(1)24-21-20-19(16-6-11-27-12-7-16)5-8-26(20)23-15-22-21/h5,8,15-18H,1-4,6-7,9-14H2,(H,22,23,24). The van der Waals surface area contributed by atoms with Gasteiger partial charge in [0.1, 0.15) is 11.8 Å². The SMILES string of the molecule is c1nc(NC2CCC(N3CCOCC3)CC2)c2c(C3CCOCC3)ccn2n1. The van der Waals surface area contributed by atoms with Crippen LogP contribution in [-0.4, -0.2) is 71.1 Å². The summed E-state index contributed by atoms with van der Waals surface area (Å²) in [6, 6.07) is 3.44. The molecule has 0 aromatic carbocycles. The lowest BCUT2D eigenvalue weighted by atomic mass is 9.89. The maximum Gasteiger partial charge on any atom is 0.154 e. The highest BCUT2D eigenvalue weighted by Crippen LogP contribution is 2.34. The highest BCUT2D eigenvalue weighted by molar-refractivity contribution is 5.73. The van der Waals surface area contributed by atoms with Crippen molar-refractivity contribution >= 4 is 11.3 Å². The van der Waals surface area contributed by atoms with Gasteiger partial charge in [0.25, 0.3) is 0 Å². The first-order valence-corrected chi connectivity index (χ1v) is 10.9. The number of hydrogen-bond donors (Lipinski definition) is 1. The van der Waals surface area contributed by atoms with Crippen molar-refractivity contribution in [1.29, 1.82) is 0 Å². The van der Waals surface area contributed by atoms with Crippen molar-refractivity contribution in [3.63, 3.8) is 0 Å². The fourth-order valence-corrected chi connectivity index (χ4v) is 5.14. The van der Waals surface area contributed by atoms with Gasteiger partial charge in [0.15, 0.2) is 5.82 Å². The van der Waals surface area contributed by atoms with Gasteiger partial charge in [-0.25, -0.2) is 9.50 Å². The van der Waals surface area contributed by atoms with Gasteiger partial charge in [0, 0.05) is 44.6 Å². The van der Waals surface area contributed by atoms with E-state index in [-0.39, 0.29) is 0 Å². The zero-order chi connectivity index (χ0) is 18.8. The fourth-order valence-electron chi connectivity index (χ4n) is 5.14. The van der Waals surface area contributed by atoms with Gasteiger partial charge < -0.3 is 14.8 Å². The molecule has 2 aliphatic heterocycles. The number of nitrogens with zero attached hydrogens (tertiary/aromatic N) is 4. The van der Waals surface area contributed by atoms with Crippen molar-refractivity contribution in [1.82, 2.24) is 19.5 Å². The molecule has 2 saturated heterocycles. The zero-order valence-corrected chi connectivity index (χ0v) is 16.6. The molecule has 152 valence electrons. The maximum absolute atomic E-state index is 5.56. The molecular weight excluding hydrogens is 354 g/mol. The molecule has 2 aromatic rings. The van der Waals surface area contributed by atoms with Crippen LogP contribution in [0.3, 0.4) is 0 Å². The van der Waals surface area contributed by atoms with Gasteiger partial charge in [0.05, 0.1) is 13.2 Å². The molecule has 7 nitrogen and oxygen atoms in total. The van der Waals surface area contributed by atoms with Crippen LogP contribution in [0.25, 0.3) is 5.52 Å². The van der Waals surface area contributed by atoms with Crippen LogP contribution in [0.2, 0.25) is 0 Å². The number of nitrogens with one attached hydrogen (secondary N) is 1. The minimum atomic E-state index is 0.494. The van der Waals surface area contributed by atoms with Gasteiger partial charge in [-0.1, -0.05) is 0 Å². The highest BCUT2D eigenvalue weighted by Gasteiger charge is 2.28. The normalized spacial score (nSPS) is 27.9. The molecule has 0 unspecified atom stereocenters. The molecule has 5 rings (SSSR count). The predicted octanol–water partition coefficient (Wildman–Crippen LogP) is 2.68. The van der Waals surface area contributed by atoms with E-state index >= 15 is 0 Å². The third kappa shape index (κ3) is 3.75. The van der Waals surface area contributed by atoms with E-state index in [4.69, 9.17) is 9.47 Å². The van der Waals surface area contributed by atoms with Crippen molar-refractivity contribution in [3.8, 4) is 0 Å². The van der Waals surface area contributed by atoms with Crippen LogP contribution in [0.1, 0.15) is 50.0 Å². The summed E-state index contributed by atoms with van der Waals surface area (Å²) in [7, 11) is 0. The Labute approximate surface area is 166 Å². The Balaban J connectivity index is 1.28. The first-order valence-electron chi connectivity index (χ1n) is 10.9. The fraction of sp³-hybridized carbons (Fsp3) is 0.714. The van der Waals surface area contributed by atoms with Crippen molar-refractivity contribution in [2.24, 2.45) is 0 Å². The van der Waals surface area contributed by atoms with Crippen LogP contribution in [0.5, 0.6) is 0 Å². The van der Waals surface area contributed by atoms with E-state index in [1.165, 1.54) is 31.2 Å². The first-order chi connectivity index (χ1) is 13.9. The minimum absolute atomic E-state index is 0.494. The number of ether oxygens (including phenoxy) is 2. The Morgan fingerprint density at radius 2 is 1.68 bits per heavy atom. The molecule has 0 spiro atoms. The van der Waals surface area contributed by atoms with Crippen molar-refractivity contribution < 1.29 is 9.47 Å². The average molecular weight is 386 g/mol. The number of morpholine rings is 1. The molecule has 0 amide bonds. The largest absolute Gasteiger partial charge is 0.381 e. The summed E-state index contributed by atoms with van der Waals surface area (Å²) in [5, 5.41) is 8.21. The van der Waals surface area contributed by atoms with Gasteiger partial charge in [-0.2, -0.15) is 5.10 Å². The second-order valence-corrected chi connectivity index (χ2v) is 8.36. The van der Waals surface area contributed by atoms with E-state index in [0.29, 0.717) is 12.0 Å². The minimum Gasteiger partial charge on any atom is -0.381 e. The smallest absolute Gasteiger partial charge is 0.154 e. The van der Waals surface area contributed by atoms with E-state index in [0.717, 1.165) is 69.7 Å². The number of anilines is 1. The van der Waals surface area contributed by atoms with Gasteiger partial charge in [-0.05, 0) is 56.1 Å². The number of rotatable bonds is 4. The average Bonchev–Trinajstić information content (AvgIpc) is 3.21. The van der Waals surface area contributed by atoms with E-state index in [1.807, 2.05) is 4.52 Å². The molecule has 28 heavy (non-hydrogen) atoms. The van der Waals surface area contributed by atoms with Crippen LogP contribution >= 0.6 is 0 Å². The molecule has 4 heterocycles. The second-order valence-electron chi connectivity index (χ2n) is 8.36. The molecule has 3 fully saturated rings. The highest BCUT2D eigenvalue weighted by atomic mass is 16.5.